The van der Waals surface area contributed by atoms with Crippen molar-refractivity contribution in [3.8, 4) is 0 Å². The molecule has 0 bridgehead atoms. The number of aliphatic imine (C=N–C) groups is 1. The molecule has 1 aliphatic heterocycles. The molecule has 0 amide bonds. The minimum absolute atomic E-state index is 0.867. The molecule has 1 fully saturated rings. The van der Waals surface area contributed by atoms with Crippen LogP contribution in [0, 0.1) is 0 Å². The third-order valence-corrected chi connectivity index (χ3v) is 5.89. The highest BCUT2D eigenvalue weighted by Gasteiger charge is 2.15. The summed E-state index contributed by atoms with van der Waals surface area (Å²) in [4.78, 5) is 11.5. The predicted octanol–water partition coefficient (Wildman–Crippen LogP) is 3.34. The second kappa shape index (κ2) is 9.80. The molecule has 2 N–H and O–H groups in total. The first-order chi connectivity index (χ1) is 12.3. The summed E-state index contributed by atoms with van der Waals surface area (Å²) in [6, 6.07) is 0. The Balaban J connectivity index is 1.34. The lowest BCUT2D eigenvalue weighted by molar-refractivity contribution is 0.665. The van der Waals surface area contributed by atoms with Gasteiger partial charge in [0.2, 0.25) is 0 Å². The maximum Gasteiger partial charge on any atom is 0.190 e. The van der Waals surface area contributed by atoms with Gasteiger partial charge in [-0.15, -0.1) is 11.3 Å². The van der Waals surface area contributed by atoms with Crippen molar-refractivity contribution in [3.05, 3.63) is 22.7 Å². The normalized spacial score (nSPS) is 18.4. The van der Waals surface area contributed by atoms with E-state index in [4.69, 9.17) is 4.98 Å². The first kappa shape index (κ1) is 18.2. The highest BCUT2D eigenvalue weighted by molar-refractivity contribution is 7.13. The van der Waals surface area contributed by atoms with Crippen molar-refractivity contribution in [1.29, 1.82) is 0 Å². The number of aromatic nitrogens is 1. The molecule has 6 heteroatoms. The average Bonchev–Trinajstić information content (AvgIpc) is 3.33. The number of allylic oxidation sites excluding steroid dienone is 1. The molecule has 1 aliphatic carbocycles. The molecule has 0 radical (unpaired) electrons. The van der Waals surface area contributed by atoms with Gasteiger partial charge in [-0.3, -0.25) is 4.99 Å². The van der Waals surface area contributed by atoms with E-state index in [0.29, 0.717) is 0 Å². The van der Waals surface area contributed by atoms with Crippen LogP contribution in [0.1, 0.15) is 50.6 Å². The lowest BCUT2D eigenvalue weighted by Crippen LogP contribution is -2.38. The zero-order chi connectivity index (χ0) is 17.3. The molecule has 2 aliphatic rings. The summed E-state index contributed by atoms with van der Waals surface area (Å²) >= 11 is 1.78. The van der Waals surface area contributed by atoms with Gasteiger partial charge in [0.25, 0.3) is 0 Å². The number of thiazole rings is 1. The topological polar surface area (TPSA) is 52.6 Å². The molecule has 1 saturated heterocycles. The van der Waals surface area contributed by atoms with E-state index in [-0.39, 0.29) is 0 Å². The molecule has 0 unspecified atom stereocenters. The molecule has 138 valence electrons. The van der Waals surface area contributed by atoms with Gasteiger partial charge >= 0.3 is 0 Å². The van der Waals surface area contributed by atoms with Crippen LogP contribution in [0.2, 0.25) is 0 Å². The largest absolute Gasteiger partial charge is 0.356 e. The third kappa shape index (κ3) is 5.73. The summed E-state index contributed by atoms with van der Waals surface area (Å²) in [7, 11) is 1.84. The fourth-order valence-corrected chi connectivity index (χ4v) is 4.38. The number of rotatable bonds is 7. The first-order valence-electron chi connectivity index (χ1n) is 9.67. The summed E-state index contributed by atoms with van der Waals surface area (Å²) in [5.41, 5.74) is 2.79. The number of anilines is 1. The van der Waals surface area contributed by atoms with Crippen molar-refractivity contribution in [2.75, 3.05) is 38.1 Å². The Hall–Kier alpha value is -1.56. The van der Waals surface area contributed by atoms with Crippen LogP contribution in [0.25, 0.3) is 0 Å². The van der Waals surface area contributed by atoms with Crippen LogP contribution in [0.3, 0.4) is 0 Å². The van der Waals surface area contributed by atoms with Gasteiger partial charge in [-0.25, -0.2) is 4.98 Å². The van der Waals surface area contributed by atoms with E-state index in [0.717, 1.165) is 45.0 Å². The Bertz CT molecular complexity index is 586. The molecule has 0 spiro atoms. The van der Waals surface area contributed by atoms with Crippen LogP contribution in [0.5, 0.6) is 0 Å². The second-order valence-electron chi connectivity index (χ2n) is 6.85. The molecular weight excluding hydrogens is 330 g/mol. The van der Waals surface area contributed by atoms with E-state index in [1.807, 2.05) is 7.05 Å². The lowest BCUT2D eigenvalue weighted by atomic mass is 9.97. The summed E-state index contributed by atoms with van der Waals surface area (Å²) in [6.45, 7) is 4.16. The summed E-state index contributed by atoms with van der Waals surface area (Å²) in [5.74, 6) is 0.895. The van der Waals surface area contributed by atoms with Crippen molar-refractivity contribution in [1.82, 2.24) is 15.6 Å². The number of hydrogen-bond donors (Lipinski definition) is 2. The van der Waals surface area contributed by atoms with Crippen LogP contribution in [0.15, 0.2) is 22.0 Å². The molecule has 0 aromatic carbocycles. The quantitative estimate of drug-likeness (QED) is 0.444. The Morgan fingerprint density at radius 1 is 1.16 bits per heavy atom. The summed E-state index contributed by atoms with van der Waals surface area (Å²) in [6.07, 6.45) is 12.3. The molecule has 25 heavy (non-hydrogen) atoms. The van der Waals surface area contributed by atoms with Gasteiger partial charge < -0.3 is 15.5 Å². The van der Waals surface area contributed by atoms with E-state index >= 15 is 0 Å². The van der Waals surface area contributed by atoms with Gasteiger partial charge in [0, 0.05) is 45.0 Å². The van der Waals surface area contributed by atoms with Gasteiger partial charge in [-0.05, 0) is 44.9 Å². The van der Waals surface area contributed by atoms with Crippen LogP contribution in [-0.2, 0) is 6.42 Å². The molecule has 1 aromatic heterocycles. The number of hydrogen-bond acceptors (Lipinski definition) is 4. The smallest absolute Gasteiger partial charge is 0.190 e. The standard InChI is InChI=1S/C19H31N5S/c1-20-18(21-11-9-16-7-3-2-4-8-16)22-12-10-17-15-25-19(23-17)24-13-5-6-14-24/h7,15H,2-6,8-14H2,1H3,(H2,20,21,22). The minimum Gasteiger partial charge on any atom is -0.356 e. The van der Waals surface area contributed by atoms with Crippen molar-refractivity contribution >= 4 is 22.4 Å². The highest BCUT2D eigenvalue weighted by atomic mass is 32.1. The fraction of sp³-hybridized carbons (Fsp3) is 0.684. The molecule has 3 rings (SSSR count). The average molecular weight is 362 g/mol. The maximum atomic E-state index is 4.77. The van der Waals surface area contributed by atoms with Gasteiger partial charge in [-0.1, -0.05) is 11.6 Å². The maximum absolute atomic E-state index is 4.77. The third-order valence-electron chi connectivity index (χ3n) is 4.94. The molecule has 0 saturated carbocycles. The first-order valence-corrected chi connectivity index (χ1v) is 10.5. The van der Waals surface area contributed by atoms with Crippen LogP contribution >= 0.6 is 11.3 Å². The van der Waals surface area contributed by atoms with Crippen LogP contribution in [0.4, 0.5) is 5.13 Å². The molecular formula is C19H31N5S. The zero-order valence-electron chi connectivity index (χ0n) is 15.4. The Morgan fingerprint density at radius 3 is 2.68 bits per heavy atom. The predicted molar refractivity (Wildman–Crippen MR) is 108 cm³/mol. The minimum atomic E-state index is 0.867. The van der Waals surface area contributed by atoms with Crippen LogP contribution in [-0.4, -0.2) is 44.2 Å². The number of nitrogens with zero attached hydrogens (tertiary/aromatic N) is 3. The van der Waals surface area contributed by atoms with Crippen molar-refractivity contribution in [2.24, 2.45) is 4.99 Å². The summed E-state index contributed by atoms with van der Waals surface area (Å²) in [5, 5.41) is 10.2. The van der Waals surface area contributed by atoms with Gasteiger partial charge in [0.05, 0.1) is 5.69 Å². The van der Waals surface area contributed by atoms with Gasteiger partial charge in [-0.2, -0.15) is 0 Å². The van der Waals surface area contributed by atoms with E-state index in [2.05, 4.69) is 32.0 Å². The van der Waals surface area contributed by atoms with E-state index in [1.54, 1.807) is 16.9 Å². The van der Waals surface area contributed by atoms with Gasteiger partial charge in [0.15, 0.2) is 11.1 Å². The molecule has 1 aromatic rings. The SMILES string of the molecule is CN=C(NCCC1=CCCCC1)NCCc1csc(N2CCCC2)n1. The van der Waals surface area contributed by atoms with E-state index in [1.165, 1.54) is 49.4 Å². The highest BCUT2D eigenvalue weighted by Crippen LogP contribution is 2.24. The Kier molecular flexibility index (Phi) is 7.15. The molecule has 5 nitrogen and oxygen atoms in total. The Labute approximate surface area is 155 Å². The lowest BCUT2D eigenvalue weighted by Gasteiger charge is -2.15. The van der Waals surface area contributed by atoms with Crippen molar-refractivity contribution < 1.29 is 0 Å². The zero-order valence-corrected chi connectivity index (χ0v) is 16.2. The van der Waals surface area contributed by atoms with Crippen LogP contribution < -0.4 is 15.5 Å². The van der Waals surface area contributed by atoms with Gasteiger partial charge in [0.1, 0.15) is 0 Å². The molecule has 2 heterocycles. The Morgan fingerprint density at radius 2 is 1.96 bits per heavy atom. The van der Waals surface area contributed by atoms with Crippen molar-refractivity contribution in [2.45, 2.75) is 51.4 Å². The van der Waals surface area contributed by atoms with E-state index < -0.39 is 0 Å². The van der Waals surface area contributed by atoms with Crippen molar-refractivity contribution in [3.63, 3.8) is 0 Å². The molecule has 0 atom stereocenters. The fourth-order valence-electron chi connectivity index (χ4n) is 3.47. The second-order valence-corrected chi connectivity index (χ2v) is 7.69. The van der Waals surface area contributed by atoms with E-state index in [9.17, 15) is 0 Å². The monoisotopic (exact) mass is 361 g/mol. The number of guanidine groups is 1. The number of nitrogens with one attached hydrogen (secondary N) is 2. The summed E-state index contributed by atoms with van der Waals surface area (Å²) < 4.78 is 0.